The summed E-state index contributed by atoms with van der Waals surface area (Å²) in [7, 11) is 0. The quantitative estimate of drug-likeness (QED) is 0.626. The lowest BCUT2D eigenvalue weighted by atomic mass is 10.0. The molecule has 3 heterocycles. The van der Waals surface area contributed by atoms with Gasteiger partial charge in [0.05, 0.1) is 11.9 Å². The first kappa shape index (κ1) is 19.5. The van der Waals surface area contributed by atoms with Gasteiger partial charge in [-0.15, -0.1) is 0 Å². The fraction of sp³-hybridized carbons (Fsp3) is 0.391. The Bertz CT molecular complexity index is 916. The Morgan fingerprint density at radius 1 is 1.14 bits per heavy atom. The molecular formula is C23H29N5O. The van der Waals surface area contributed by atoms with Crippen molar-refractivity contribution in [2.24, 2.45) is 0 Å². The Morgan fingerprint density at radius 3 is 2.69 bits per heavy atom. The first-order valence-corrected chi connectivity index (χ1v) is 10.5. The number of nitrogens with one attached hydrogen (secondary N) is 1. The molecule has 0 unspecified atom stereocenters. The summed E-state index contributed by atoms with van der Waals surface area (Å²) < 4.78 is 3.74. The molecule has 1 aliphatic heterocycles. The summed E-state index contributed by atoms with van der Waals surface area (Å²) in [5.41, 5.74) is 1.51. The Hall–Kier alpha value is -2.86. The zero-order chi connectivity index (χ0) is 20.1. The van der Waals surface area contributed by atoms with E-state index in [1.54, 1.807) is 6.20 Å². The van der Waals surface area contributed by atoms with Gasteiger partial charge in [0.1, 0.15) is 5.56 Å². The van der Waals surface area contributed by atoms with Crippen molar-refractivity contribution < 1.29 is 4.79 Å². The van der Waals surface area contributed by atoms with Crippen LogP contribution in [0.5, 0.6) is 0 Å². The highest BCUT2D eigenvalue weighted by Gasteiger charge is 2.20. The van der Waals surface area contributed by atoms with Crippen LogP contribution >= 0.6 is 0 Å². The van der Waals surface area contributed by atoms with Gasteiger partial charge in [-0.3, -0.25) is 4.79 Å². The van der Waals surface area contributed by atoms with Crippen molar-refractivity contribution in [3.63, 3.8) is 0 Å². The van der Waals surface area contributed by atoms with Crippen molar-refractivity contribution in [2.45, 2.75) is 38.6 Å². The number of amides is 1. The van der Waals surface area contributed by atoms with Gasteiger partial charge in [-0.25, -0.2) is 4.68 Å². The molecule has 4 rings (SSSR count). The highest BCUT2D eigenvalue weighted by Crippen LogP contribution is 2.20. The number of para-hydroxylation sites is 1. The van der Waals surface area contributed by atoms with E-state index in [4.69, 9.17) is 0 Å². The van der Waals surface area contributed by atoms with Gasteiger partial charge in [0.25, 0.3) is 5.91 Å². The number of aromatic nitrogens is 3. The summed E-state index contributed by atoms with van der Waals surface area (Å²) >= 11 is 0. The number of nitrogens with zero attached hydrogens (tertiary/aromatic N) is 4. The lowest BCUT2D eigenvalue weighted by molar-refractivity contribution is 0.0949. The second-order valence-corrected chi connectivity index (χ2v) is 7.71. The minimum absolute atomic E-state index is 0.0810. The van der Waals surface area contributed by atoms with E-state index in [1.807, 2.05) is 64.1 Å². The molecule has 1 atom stereocenters. The second kappa shape index (κ2) is 9.09. The normalized spacial score (nSPS) is 17.3. The van der Waals surface area contributed by atoms with E-state index in [9.17, 15) is 4.79 Å². The lowest BCUT2D eigenvalue weighted by Gasteiger charge is -2.33. The predicted molar refractivity (Wildman–Crippen MR) is 115 cm³/mol. The van der Waals surface area contributed by atoms with Crippen molar-refractivity contribution in [3.05, 3.63) is 66.6 Å². The third-order valence-electron chi connectivity index (χ3n) is 5.69. The summed E-state index contributed by atoms with van der Waals surface area (Å²) in [4.78, 5) is 15.5. The molecule has 1 N–H and O–H groups in total. The van der Waals surface area contributed by atoms with Gasteiger partial charge in [0.15, 0.2) is 5.82 Å². The monoisotopic (exact) mass is 391 g/mol. The number of rotatable bonds is 7. The van der Waals surface area contributed by atoms with Crippen molar-refractivity contribution >= 4 is 5.91 Å². The minimum atomic E-state index is -0.0810. The van der Waals surface area contributed by atoms with Gasteiger partial charge in [0.2, 0.25) is 0 Å². The number of piperidine rings is 1. The van der Waals surface area contributed by atoms with Crippen LogP contribution < -0.4 is 5.32 Å². The maximum Gasteiger partial charge on any atom is 0.256 e. The Kier molecular flexibility index (Phi) is 6.10. The number of benzene rings is 1. The minimum Gasteiger partial charge on any atom is -0.352 e. The van der Waals surface area contributed by atoms with Gasteiger partial charge in [-0.05, 0) is 57.0 Å². The molecule has 2 aromatic heterocycles. The SMILES string of the molecule is C[C@@H]1CCCCN1CCCNC(=O)c1cnn(-c2ccccc2)c1-n1cccc1. The molecule has 29 heavy (non-hydrogen) atoms. The molecule has 1 aromatic carbocycles. The summed E-state index contributed by atoms with van der Waals surface area (Å²) in [6.45, 7) is 5.19. The topological polar surface area (TPSA) is 55.1 Å². The standard InChI is InChI=1S/C23H29N5O/c1-19-10-5-6-14-26(19)17-9-13-24-22(29)21-18-25-28(20-11-3-2-4-12-20)23(21)27-15-7-8-16-27/h2-4,7-8,11-12,15-16,18-19H,5-6,9-10,13-14,17H2,1H3,(H,24,29)/t19-/m1/s1. The van der Waals surface area contributed by atoms with E-state index in [1.165, 1.54) is 25.8 Å². The van der Waals surface area contributed by atoms with E-state index in [-0.39, 0.29) is 5.91 Å². The molecule has 0 bridgehead atoms. The number of carbonyl (C=O) groups is 1. The molecule has 6 heteroatoms. The molecule has 3 aromatic rings. The van der Waals surface area contributed by atoms with Crippen LogP contribution in [-0.2, 0) is 0 Å². The van der Waals surface area contributed by atoms with Gasteiger partial charge >= 0.3 is 0 Å². The number of hydrogen-bond donors (Lipinski definition) is 1. The largest absolute Gasteiger partial charge is 0.352 e. The van der Waals surface area contributed by atoms with Crippen LogP contribution in [0, 0.1) is 0 Å². The average molecular weight is 392 g/mol. The van der Waals surface area contributed by atoms with Gasteiger partial charge in [-0.1, -0.05) is 24.6 Å². The van der Waals surface area contributed by atoms with Crippen molar-refractivity contribution in [1.82, 2.24) is 24.6 Å². The number of hydrogen-bond acceptors (Lipinski definition) is 3. The zero-order valence-electron chi connectivity index (χ0n) is 17.0. The van der Waals surface area contributed by atoms with Gasteiger partial charge in [-0.2, -0.15) is 5.10 Å². The molecule has 0 spiro atoms. The first-order valence-electron chi connectivity index (χ1n) is 10.5. The number of likely N-dealkylation sites (tertiary alicyclic amines) is 1. The van der Waals surface area contributed by atoms with Crippen molar-refractivity contribution in [1.29, 1.82) is 0 Å². The van der Waals surface area contributed by atoms with Crippen LogP contribution in [0.15, 0.2) is 61.1 Å². The molecule has 152 valence electrons. The summed E-state index contributed by atoms with van der Waals surface area (Å²) in [6, 6.07) is 14.4. The smallest absolute Gasteiger partial charge is 0.256 e. The van der Waals surface area contributed by atoms with Crippen molar-refractivity contribution in [3.8, 4) is 11.5 Å². The average Bonchev–Trinajstić information content (AvgIpc) is 3.42. The van der Waals surface area contributed by atoms with Crippen LogP contribution in [-0.4, -0.2) is 50.8 Å². The van der Waals surface area contributed by atoms with Crippen LogP contribution in [0.4, 0.5) is 0 Å². The molecular weight excluding hydrogens is 362 g/mol. The van der Waals surface area contributed by atoms with E-state index in [2.05, 4.69) is 22.2 Å². The molecule has 1 amide bonds. The highest BCUT2D eigenvalue weighted by molar-refractivity contribution is 5.97. The molecule has 1 fully saturated rings. The fourth-order valence-corrected chi connectivity index (χ4v) is 4.05. The maximum atomic E-state index is 12.9. The van der Waals surface area contributed by atoms with E-state index in [0.717, 1.165) is 24.5 Å². The highest BCUT2D eigenvalue weighted by atomic mass is 16.1. The predicted octanol–water partition coefficient (Wildman–Crippen LogP) is 3.66. The second-order valence-electron chi connectivity index (χ2n) is 7.71. The lowest BCUT2D eigenvalue weighted by Crippen LogP contribution is -2.39. The Labute approximate surface area is 172 Å². The third kappa shape index (κ3) is 4.43. The molecule has 1 saturated heterocycles. The van der Waals surface area contributed by atoms with Crippen LogP contribution in [0.25, 0.3) is 11.5 Å². The third-order valence-corrected chi connectivity index (χ3v) is 5.69. The Balaban J connectivity index is 1.45. The molecule has 6 nitrogen and oxygen atoms in total. The van der Waals surface area contributed by atoms with E-state index >= 15 is 0 Å². The van der Waals surface area contributed by atoms with Crippen LogP contribution in [0.2, 0.25) is 0 Å². The van der Waals surface area contributed by atoms with Crippen LogP contribution in [0.3, 0.4) is 0 Å². The van der Waals surface area contributed by atoms with Crippen molar-refractivity contribution in [2.75, 3.05) is 19.6 Å². The van der Waals surface area contributed by atoms with Gasteiger partial charge in [0, 0.05) is 31.5 Å². The maximum absolute atomic E-state index is 12.9. The van der Waals surface area contributed by atoms with Crippen LogP contribution in [0.1, 0.15) is 43.0 Å². The summed E-state index contributed by atoms with van der Waals surface area (Å²) in [5, 5.41) is 7.59. The molecule has 1 aliphatic rings. The van der Waals surface area contributed by atoms with E-state index in [0.29, 0.717) is 18.2 Å². The molecule has 0 radical (unpaired) electrons. The summed E-state index contributed by atoms with van der Waals surface area (Å²) in [6.07, 6.45) is 10.4. The fourth-order valence-electron chi connectivity index (χ4n) is 4.05. The molecule has 0 saturated carbocycles. The zero-order valence-corrected chi connectivity index (χ0v) is 17.0. The first-order chi connectivity index (χ1) is 14.2. The van der Waals surface area contributed by atoms with Gasteiger partial charge < -0.3 is 14.8 Å². The van der Waals surface area contributed by atoms with E-state index < -0.39 is 0 Å². The number of carbonyl (C=O) groups excluding carboxylic acids is 1. The summed E-state index contributed by atoms with van der Waals surface area (Å²) in [5.74, 6) is 0.672. The molecule has 0 aliphatic carbocycles. The Morgan fingerprint density at radius 2 is 1.93 bits per heavy atom.